The summed E-state index contributed by atoms with van der Waals surface area (Å²) < 4.78 is 9.94. The van der Waals surface area contributed by atoms with Crippen molar-refractivity contribution in [3.63, 3.8) is 0 Å². The molecule has 0 aromatic heterocycles. The molecule has 0 amide bonds. The van der Waals surface area contributed by atoms with Crippen molar-refractivity contribution in [1.29, 1.82) is 5.26 Å². The molecule has 0 heterocycles. The summed E-state index contributed by atoms with van der Waals surface area (Å²) in [6.07, 6.45) is 1.54. The zero-order chi connectivity index (χ0) is 17.7. The van der Waals surface area contributed by atoms with Crippen LogP contribution in [-0.2, 0) is 14.3 Å². The smallest absolute Gasteiger partial charge is 0.348 e. The van der Waals surface area contributed by atoms with E-state index in [9.17, 15) is 9.59 Å². The van der Waals surface area contributed by atoms with Crippen LogP contribution in [0, 0.1) is 11.3 Å². The number of carbonyl (C=O) groups is 2. The van der Waals surface area contributed by atoms with E-state index >= 15 is 0 Å². The van der Waals surface area contributed by atoms with Crippen molar-refractivity contribution in [1.82, 2.24) is 0 Å². The predicted molar refractivity (Wildman–Crippen MR) is 84.8 cm³/mol. The average molecular weight is 319 g/mol. The van der Waals surface area contributed by atoms with Gasteiger partial charge in [-0.05, 0) is 32.9 Å². The van der Waals surface area contributed by atoms with Crippen LogP contribution < -0.4 is 0 Å². The quantitative estimate of drug-likeness (QED) is 0.375. The Morgan fingerprint density at radius 3 is 2.26 bits per heavy atom. The van der Waals surface area contributed by atoms with Gasteiger partial charge in [-0.2, -0.15) is 5.26 Å². The Hall–Kier alpha value is -2.65. The molecule has 0 unspecified atom stereocenters. The van der Waals surface area contributed by atoms with E-state index in [0.29, 0.717) is 12.2 Å². The van der Waals surface area contributed by atoms with E-state index in [-0.39, 0.29) is 18.3 Å². The molecule has 0 aliphatic rings. The summed E-state index contributed by atoms with van der Waals surface area (Å²) in [6.45, 7) is 5.94. The molecule has 124 valence electrons. The fraction of sp³-hybridized carbons (Fsp3) is 0.353. The van der Waals surface area contributed by atoms with E-state index in [1.807, 2.05) is 13.8 Å². The summed E-state index contributed by atoms with van der Waals surface area (Å²) in [5.74, 6) is -1.47. The molecule has 1 aromatic carbocycles. The molecule has 0 spiro atoms. The lowest BCUT2D eigenvalue weighted by molar-refractivity contribution is -0.140. The second-order valence-electron chi connectivity index (χ2n) is 4.54. The first-order valence-electron chi connectivity index (χ1n) is 7.05. The molecule has 6 heteroatoms. The van der Waals surface area contributed by atoms with Crippen LogP contribution in [0.4, 0.5) is 0 Å². The van der Waals surface area contributed by atoms with Crippen LogP contribution in [-0.4, -0.2) is 36.4 Å². The summed E-state index contributed by atoms with van der Waals surface area (Å²) in [6, 6.07) is 10.0. The molecule has 23 heavy (non-hydrogen) atoms. The third-order valence-electron chi connectivity index (χ3n) is 2.42. The van der Waals surface area contributed by atoms with E-state index in [1.54, 1.807) is 43.3 Å². The molecule has 0 aliphatic heterocycles. The fourth-order valence-corrected chi connectivity index (χ4v) is 1.30. The zero-order valence-electron chi connectivity index (χ0n) is 13.5. The lowest BCUT2D eigenvalue weighted by Crippen LogP contribution is -2.14. The summed E-state index contributed by atoms with van der Waals surface area (Å²) in [7, 11) is 0. The number of hydrogen-bond donors (Lipinski definition) is 1. The minimum Gasteiger partial charge on any atom is -0.478 e. The maximum absolute atomic E-state index is 11.1. The first-order chi connectivity index (χ1) is 10.9. The van der Waals surface area contributed by atoms with Gasteiger partial charge in [0.05, 0.1) is 18.3 Å². The summed E-state index contributed by atoms with van der Waals surface area (Å²) in [5.41, 5.74) is 0.354. The highest BCUT2D eigenvalue weighted by Crippen LogP contribution is 1.97. The van der Waals surface area contributed by atoms with Crippen molar-refractivity contribution in [3.05, 3.63) is 47.5 Å². The van der Waals surface area contributed by atoms with E-state index in [4.69, 9.17) is 19.8 Å². The number of benzene rings is 1. The highest BCUT2D eigenvalue weighted by atomic mass is 16.6. The third kappa shape index (κ3) is 9.82. The van der Waals surface area contributed by atoms with Crippen molar-refractivity contribution < 1.29 is 24.2 Å². The second-order valence-corrected chi connectivity index (χ2v) is 4.54. The van der Waals surface area contributed by atoms with Crippen LogP contribution in [0.5, 0.6) is 0 Å². The first kappa shape index (κ1) is 20.3. The molecule has 0 saturated carbocycles. The molecule has 0 saturated heterocycles. The fourth-order valence-electron chi connectivity index (χ4n) is 1.30. The Morgan fingerprint density at radius 1 is 1.26 bits per heavy atom. The Bertz CT molecular complexity index is 558. The van der Waals surface area contributed by atoms with Gasteiger partial charge in [0.2, 0.25) is 0 Å². The van der Waals surface area contributed by atoms with Gasteiger partial charge >= 0.3 is 11.9 Å². The van der Waals surface area contributed by atoms with Gasteiger partial charge in [-0.1, -0.05) is 24.3 Å². The summed E-state index contributed by atoms with van der Waals surface area (Å²) >= 11 is 0. The van der Waals surface area contributed by atoms with Gasteiger partial charge in [0.15, 0.2) is 0 Å². The maximum atomic E-state index is 11.1. The Labute approximate surface area is 135 Å². The van der Waals surface area contributed by atoms with Crippen LogP contribution in [0.1, 0.15) is 31.1 Å². The normalized spacial score (nSPS) is 10.3. The molecule has 1 N–H and O–H groups in total. The third-order valence-corrected chi connectivity index (χ3v) is 2.42. The number of rotatable bonds is 6. The summed E-state index contributed by atoms with van der Waals surface area (Å²) in [5, 5.41) is 16.9. The van der Waals surface area contributed by atoms with E-state index in [1.165, 1.54) is 6.08 Å². The molecular formula is C17H21NO5. The van der Waals surface area contributed by atoms with Crippen molar-refractivity contribution >= 4 is 11.9 Å². The molecule has 1 rings (SSSR count). The first-order valence-corrected chi connectivity index (χ1v) is 7.05. The topological polar surface area (TPSA) is 96.6 Å². The van der Waals surface area contributed by atoms with Gasteiger partial charge in [-0.3, -0.25) is 0 Å². The van der Waals surface area contributed by atoms with Gasteiger partial charge in [-0.15, -0.1) is 0 Å². The van der Waals surface area contributed by atoms with Crippen LogP contribution in [0.2, 0.25) is 0 Å². The van der Waals surface area contributed by atoms with Crippen LogP contribution in [0.25, 0.3) is 0 Å². The minimum absolute atomic E-state index is 0.0227. The highest BCUT2D eigenvalue weighted by Gasteiger charge is 2.08. The highest BCUT2D eigenvalue weighted by molar-refractivity contribution is 5.92. The van der Waals surface area contributed by atoms with Gasteiger partial charge in [0.25, 0.3) is 0 Å². The minimum atomic E-state index is -0.879. The van der Waals surface area contributed by atoms with E-state index in [2.05, 4.69) is 0 Å². The van der Waals surface area contributed by atoms with Crippen molar-refractivity contribution in [2.75, 3.05) is 13.2 Å². The van der Waals surface area contributed by atoms with Crippen molar-refractivity contribution in [3.8, 4) is 6.07 Å². The van der Waals surface area contributed by atoms with Crippen molar-refractivity contribution in [2.45, 2.75) is 26.9 Å². The second kappa shape index (κ2) is 12.0. The molecule has 0 radical (unpaired) electrons. The molecule has 0 aliphatic carbocycles. The Balaban J connectivity index is 0.000000459. The standard InChI is InChI=1S/C10H15NO3.C7H6O2/c1-4-9(7-11)10(12)14-6-5-13-8(2)3;8-7(9)6-4-2-1-3-5-6/h4,8H,5-6H2,1-3H3;1-5H,(H,8,9). The molecule has 0 atom stereocenters. The number of nitriles is 1. The molecule has 6 nitrogen and oxygen atoms in total. The zero-order valence-corrected chi connectivity index (χ0v) is 13.5. The number of hydrogen-bond acceptors (Lipinski definition) is 5. The molecule has 0 bridgehead atoms. The van der Waals surface area contributed by atoms with Gasteiger partial charge in [-0.25, -0.2) is 9.59 Å². The summed E-state index contributed by atoms with van der Waals surface area (Å²) in [4.78, 5) is 21.3. The lowest BCUT2D eigenvalue weighted by Gasteiger charge is -2.07. The Morgan fingerprint density at radius 2 is 1.87 bits per heavy atom. The molecule has 0 fully saturated rings. The number of carboxylic acid groups (broad SMARTS) is 1. The van der Waals surface area contributed by atoms with Crippen LogP contribution >= 0.6 is 0 Å². The number of carboxylic acids is 1. The lowest BCUT2D eigenvalue weighted by atomic mass is 10.2. The van der Waals surface area contributed by atoms with Crippen molar-refractivity contribution in [2.24, 2.45) is 0 Å². The van der Waals surface area contributed by atoms with E-state index in [0.717, 1.165) is 0 Å². The largest absolute Gasteiger partial charge is 0.478 e. The number of allylic oxidation sites excluding steroid dienone is 1. The van der Waals surface area contributed by atoms with Gasteiger partial charge < -0.3 is 14.6 Å². The van der Waals surface area contributed by atoms with Crippen LogP contribution in [0.3, 0.4) is 0 Å². The number of nitrogens with zero attached hydrogens (tertiary/aromatic N) is 1. The molecular weight excluding hydrogens is 298 g/mol. The maximum Gasteiger partial charge on any atom is 0.348 e. The monoisotopic (exact) mass is 319 g/mol. The van der Waals surface area contributed by atoms with Gasteiger partial charge in [0.1, 0.15) is 18.2 Å². The van der Waals surface area contributed by atoms with E-state index < -0.39 is 11.9 Å². The number of carbonyl (C=O) groups excluding carboxylic acids is 1. The number of aromatic carboxylic acids is 1. The van der Waals surface area contributed by atoms with Crippen LogP contribution in [0.15, 0.2) is 42.0 Å². The average Bonchev–Trinajstić information content (AvgIpc) is 2.54. The van der Waals surface area contributed by atoms with Gasteiger partial charge in [0, 0.05) is 0 Å². The predicted octanol–water partition coefficient (Wildman–Crippen LogP) is 2.81. The Kier molecular flexibility index (Phi) is 10.6. The number of esters is 1. The number of ether oxygens (including phenoxy) is 2. The molecule has 1 aromatic rings. The SMILES string of the molecule is CC=C(C#N)C(=O)OCCOC(C)C.O=C(O)c1ccccc1.